The van der Waals surface area contributed by atoms with Gasteiger partial charge in [0.1, 0.15) is 5.82 Å². The Morgan fingerprint density at radius 3 is 2.81 bits per heavy atom. The number of nitrogens with one attached hydrogen (secondary N) is 2. The number of para-hydroxylation sites is 1. The van der Waals surface area contributed by atoms with Crippen LogP contribution >= 0.6 is 0 Å². The summed E-state index contributed by atoms with van der Waals surface area (Å²) in [6, 6.07) is 14.3. The third-order valence-corrected chi connectivity index (χ3v) is 3.88. The van der Waals surface area contributed by atoms with Crippen LogP contribution in [0.5, 0.6) is 11.5 Å². The number of methoxy groups -OCH3 is 1. The molecule has 0 amide bonds. The van der Waals surface area contributed by atoms with E-state index in [0.29, 0.717) is 34.5 Å². The van der Waals surface area contributed by atoms with E-state index in [2.05, 4.69) is 20.6 Å². The fourth-order valence-electron chi connectivity index (χ4n) is 2.61. The lowest BCUT2D eigenvalue weighted by Gasteiger charge is -2.11. The van der Waals surface area contributed by atoms with Crippen molar-refractivity contribution in [3.8, 4) is 11.5 Å². The summed E-state index contributed by atoms with van der Waals surface area (Å²) < 4.78 is 15.5. The minimum absolute atomic E-state index is 0.222. The Labute approximate surface area is 155 Å². The molecule has 2 N–H and O–H groups in total. The summed E-state index contributed by atoms with van der Waals surface area (Å²) in [4.78, 5) is 20.5. The quantitative estimate of drug-likeness (QED) is 0.665. The molecule has 0 aliphatic carbocycles. The van der Waals surface area contributed by atoms with E-state index in [0.717, 1.165) is 5.69 Å². The van der Waals surface area contributed by atoms with Crippen molar-refractivity contribution in [3.05, 3.63) is 60.3 Å². The molecular formula is C19H16N4O4. The lowest BCUT2D eigenvalue weighted by atomic mass is 10.2. The Kier molecular flexibility index (Phi) is 4.44. The highest BCUT2D eigenvalue weighted by molar-refractivity contribution is 5.96. The zero-order valence-corrected chi connectivity index (χ0v) is 14.4. The number of carbonyl (C=O) groups is 1. The molecule has 0 atom stereocenters. The van der Waals surface area contributed by atoms with Gasteiger partial charge in [-0.3, -0.25) is 0 Å². The molecule has 0 saturated carbocycles. The Morgan fingerprint density at radius 1 is 1.07 bits per heavy atom. The van der Waals surface area contributed by atoms with Crippen LogP contribution in [0.2, 0.25) is 0 Å². The topological polar surface area (TPSA) is 94.6 Å². The van der Waals surface area contributed by atoms with Crippen LogP contribution in [0.25, 0.3) is 0 Å². The van der Waals surface area contributed by atoms with Gasteiger partial charge in [0, 0.05) is 18.0 Å². The lowest BCUT2D eigenvalue weighted by Crippen LogP contribution is -2.07. The first-order chi connectivity index (χ1) is 13.2. The summed E-state index contributed by atoms with van der Waals surface area (Å²) >= 11 is 0. The number of benzene rings is 2. The second kappa shape index (κ2) is 7.20. The van der Waals surface area contributed by atoms with Crippen LogP contribution in [0.1, 0.15) is 10.4 Å². The number of carbonyl (C=O) groups excluding carboxylic acids is 1. The number of fused-ring (bicyclic) bond motifs is 1. The lowest BCUT2D eigenvalue weighted by molar-refractivity contribution is 0.0602. The second-order valence-electron chi connectivity index (χ2n) is 5.62. The first kappa shape index (κ1) is 16.6. The third-order valence-electron chi connectivity index (χ3n) is 3.88. The highest BCUT2D eigenvalue weighted by Gasteiger charge is 2.14. The number of anilines is 4. The molecule has 0 spiro atoms. The van der Waals surface area contributed by atoms with Gasteiger partial charge in [0.25, 0.3) is 0 Å². The molecule has 136 valence electrons. The van der Waals surface area contributed by atoms with E-state index in [1.807, 2.05) is 24.3 Å². The number of hydrogen-bond donors (Lipinski definition) is 2. The molecule has 8 heteroatoms. The minimum atomic E-state index is -0.437. The van der Waals surface area contributed by atoms with Gasteiger partial charge in [0.2, 0.25) is 12.7 Å². The van der Waals surface area contributed by atoms with Gasteiger partial charge in [0.15, 0.2) is 11.5 Å². The zero-order valence-electron chi connectivity index (χ0n) is 14.4. The fourth-order valence-corrected chi connectivity index (χ4v) is 2.61. The van der Waals surface area contributed by atoms with Gasteiger partial charge in [-0.05, 0) is 30.3 Å². The molecule has 0 radical (unpaired) electrons. The molecule has 27 heavy (non-hydrogen) atoms. The van der Waals surface area contributed by atoms with Crippen LogP contribution in [-0.2, 0) is 4.74 Å². The van der Waals surface area contributed by atoms with Gasteiger partial charge in [-0.2, -0.15) is 4.98 Å². The van der Waals surface area contributed by atoms with Crippen molar-refractivity contribution < 1.29 is 19.0 Å². The summed E-state index contributed by atoms with van der Waals surface area (Å²) in [5.74, 6) is 1.89. The van der Waals surface area contributed by atoms with E-state index < -0.39 is 5.97 Å². The maximum atomic E-state index is 11.9. The molecule has 1 aliphatic heterocycles. The van der Waals surface area contributed by atoms with Crippen LogP contribution in [-0.4, -0.2) is 29.8 Å². The van der Waals surface area contributed by atoms with Crippen LogP contribution in [0, 0.1) is 0 Å². The average Bonchev–Trinajstić information content (AvgIpc) is 3.16. The summed E-state index contributed by atoms with van der Waals surface area (Å²) in [6.07, 6.45) is 1.62. The van der Waals surface area contributed by atoms with Gasteiger partial charge in [0.05, 0.1) is 18.4 Å². The van der Waals surface area contributed by atoms with Gasteiger partial charge in [-0.1, -0.05) is 12.1 Å². The van der Waals surface area contributed by atoms with Crippen molar-refractivity contribution in [1.29, 1.82) is 0 Å². The Balaban J connectivity index is 1.54. The molecule has 0 bridgehead atoms. The number of hydrogen-bond acceptors (Lipinski definition) is 8. The van der Waals surface area contributed by atoms with Crippen molar-refractivity contribution in [2.24, 2.45) is 0 Å². The molecule has 1 aromatic heterocycles. The molecule has 4 rings (SSSR count). The third kappa shape index (κ3) is 3.59. The fraction of sp³-hybridized carbons (Fsp3) is 0.105. The van der Waals surface area contributed by atoms with E-state index in [1.54, 1.807) is 30.5 Å². The molecule has 8 nitrogen and oxygen atoms in total. The number of esters is 1. The second-order valence-corrected chi connectivity index (χ2v) is 5.62. The smallest absolute Gasteiger partial charge is 0.339 e. The first-order valence-electron chi connectivity index (χ1n) is 8.17. The predicted molar refractivity (Wildman–Crippen MR) is 98.9 cm³/mol. The number of nitrogens with zero attached hydrogens (tertiary/aromatic N) is 2. The van der Waals surface area contributed by atoms with Gasteiger partial charge in [-0.25, -0.2) is 9.78 Å². The summed E-state index contributed by atoms with van der Waals surface area (Å²) in [6.45, 7) is 0.222. The molecule has 2 aromatic carbocycles. The maximum absolute atomic E-state index is 11.9. The highest BCUT2D eigenvalue weighted by atomic mass is 16.7. The first-order valence-corrected chi connectivity index (χ1v) is 8.17. The Bertz CT molecular complexity index is 993. The van der Waals surface area contributed by atoms with Gasteiger partial charge >= 0.3 is 5.97 Å². The van der Waals surface area contributed by atoms with Crippen molar-refractivity contribution in [2.75, 3.05) is 24.5 Å². The Hall–Kier alpha value is -3.81. The van der Waals surface area contributed by atoms with E-state index in [-0.39, 0.29) is 6.79 Å². The van der Waals surface area contributed by atoms with Gasteiger partial charge in [-0.15, -0.1) is 0 Å². The largest absolute Gasteiger partial charge is 0.465 e. The van der Waals surface area contributed by atoms with Crippen molar-refractivity contribution >= 4 is 29.1 Å². The van der Waals surface area contributed by atoms with E-state index in [9.17, 15) is 4.79 Å². The average molecular weight is 364 g/mol. The van der Waals surface area contributed by atoms with E-state index >= 15 is 0 Å². The van der Waals surface area contributed by atoms with Crippen LogP contribution in [0.15, 0.2) is 54.7 Å². The predicted octanol–water partition coefficient (Wildman–Crippen LogP) is 3.48. The molecule has 3 aromatic rings. The van der Waals surface area contributed by atoms with Crippen molar-refractivity contribution in [3.63, 3.8) is 0 Å². The molecule has 0 fully saturated rings. The zero-order chi connectivity index (χ0) is 18.6. The number of rotatable bonds is 5. The van der Waals surface area contributed by atoms with Crippen molar-refractivity contribution in [1.82, 2.24) is 9.97 Å². The SMILES string of the molecule is COC(=O)c1ccccc1Nc1nccc(Nc2ccc3c(c2)OCO3)n1. The highest BCUT2D eigenvalue weighted by Crippen LogP contribution is 2.35. The van der Waals surface area contributed by atoms with E-state index in [4.69, 9.17) is 14.2 Å². The Morgan fingerprint density at radius 2 is 1.93 bits per heavy atom. The molecule has 1 aliphatic rings. The summed E-state index contributed by atoms with van der Waals surface area (Å²) in [7, 11) is 1.34. The monoisotopic (exact) mass is 364 g/mol. The van der Waals surface area contributed by atoms with Crippen molar-refractivity contribution in [2.45, 2.75) is 0 Å². The molecule has 2 heterocycles. The summed E-state index contributed by atoms with van der Waals surface area (Å²) in [5.41, 5.74) is 1.76. The maximum Gasteiger partial charge on any atom is 0.339 e. The normalized spacial score (nSPS) is 11.7. The van der Waals surface area contributed by atoms with Crippen LogP contribution in [0.4, 0.5) is 23.1 Å². The molecular weight excluding hydrogens is 348 g/mol. The van der Waals surface area contributed by atoms with Crippen LogP contribution in [0.3, 0.4) is 0 Å². The van der Waals surface area contributed by atoms with E-state index in [1.165, 1.54) is 7.11 Å². The minimum Gasteiger partial charge on any atom is -0.465 e. The number of ether oxygens (including phenoxy) is 3. The summed E-state index contributed by atoms with van der Waals surface area (Å²) in [5, 5.41) is 6.24. The molecule has 0 unspecified atom stereocenters. The van der Waals surface area contributed by atoms with Gasteiger partial charge < -0.3 is 24.8 Å². The standard InChI is InChI=1S/C19H16N4O4/c1-25-18(24)13-4-2-3-5-14(13)22-19-20-9-8-17(23-19)21-12-6-7-15-16(10-12)27-11-26-15/h2-10H,11H2,1H3,(H2,20,21,22,23). The van der Waals surface area contributed by atoms with Crippen LogP contribution < -0.4 is 20.1 Å². The number of aromatic nitrogens is 2. The molecule has 0 saturated heterocycles.